The summed E-state index contributed by atoms with van der Waals surface area (Å²) in [6, 6.07) is 8.39. The van der Waals surface area contributed by atoms with Crippen molar-refractivity contribution in [2.45, 2.75) is 52.9 Å². The molecular weight excluding hydrogens is 394 g/mol. The van der Waals surface area contributed by atoms with Gasteiger partial charge in [0.05, 0.1) is 0 Å². The molecule has 3 aromatic rings. The molecule has 0 saturated carbocycles. The van der Waals surface area contributed by atoms with Gasteiger partial charge < -0.3 is 10.1 Å². The van der Waals surface area contributed by atoms with Crippen LogP contribution in [0.1, 0.15) is 54.3 Å². The van der Waals surface area contributed by atoms with Crippen molar-refractivity contribution in [1.82, 2.24) is 24.9 Å². The fraction of sp³-hybridized carbons (Fsp3) is 0.435. The number of hydrogen-bond donors (Lipinski definition) is 1. The molecule has 0 atom stereocenters. The third kappa shape index (κ3) is 5.87. The number of nitrogens with one attached hydrogen (secondary N) is 1. The lowest BCUT2D eigenvalue weighted by atomic mass is 10.0. The van der Waals surface area contributed by atoms with Crippen molar-refractivity contribution in [3.05, 3.63) is 58.7 Å². The summed E-state index contributed by atoms with van der Waals surface area (Å²) in [5.41, 5.74) is 5.09. The predicted molar refractivity (Wildman–Crippen MR) is 117 cm³/mol. The molecule has 8 nitrogen and oxygen atoms in total. The Morgan fingerprint density at radius 3 is 2.58 bits per heavy atom. The Hall–Kier alpha value is -3.29. The van der Waals surface area contributed by atoms with E-state index in [1.165, 1.54) is 11.9 Å². The van der Waals surface area contributed by atoms with Gasteiger partial charge in [-0.15, -0.1) is 0 Å². The van der Waals surface area contributed by atoms with Gasteiger partial charge in [-0.25, -0.2) is 9.50 Å². The summed E-state index contributed by atoms with van der Waals surface area (Å²) in [4.78, 5) is 32.5. The normalized spacial score (nSPS) is 11.1. The lowest BCUT2D eigenvalue weighted by Gasteiger charge is -2.10. The molecule has 2 heterocycles. The van der Waals surface area contributed by atoms with Crippen molar-refractivity contribution in [3.8, 4) is 0 Å². The first-order valence-corrected chi connectivity index (χ1v) is 10.5. The van der Waals surface area contributed by atoms with E-state index in [4.69, 9.17) is 4.74 Å². The van der Waals surface area contributed by atoms with E-state index in [9.17, 15) is 9.59 Å². The van der Waals surface area contributed by atoms with Crippen LogP contribution in [0.2, 0.25) is 0 Å². The van der Waals surface area contributed by atoms with Gasteiger partial charge in [-0.05, 0) is 49.3 Å². The van der Waals surface area contributed by atoms with Crippen LogP contribution in [-0.2, 0) is 27.2 Å². The molecule has 1 amide bonds. The van der Waals surface area contributed by atoms with Crippen LogP contribution in [0.25, 0.3) is 5.78 Å². The molecule has 0 aliphatic heterocycles. The molecule has 0 aliphatic rings. The second-order valence-corrected chi connectivity index (χ2v) is 7.89. The van der Waals surface area contributed by atoms with E-state index >= 15 is 0 Å². The highest BCUT2D eigenvalue weighted by Crippen LogP contribution is 2.16. The number of rotatable bonds is 9. The number of esters is 1. The number of nitrogens with zero attached hydrogens (tertiary/aromatic N) is 4. The fourth-order valence-electron chi connectivity index (χ4n) is 3.43. The predicted octanol–water partition coefficient (Wildman–Crippen LogP) is 2.70. The third-order valence-electron chi connectivity index (χ3n) is 5.31. The smallest absolute Gasteiger partial charge is 0.306 e. The van der Waals surface area contributed by atoms with Gasteiger partial charge in [0.1, 0.15) is 6.33 Å². The summed E-state index contributed by atoms with van der Waals surface area (Å²) in [5, 5.41) is 6.93. The maximum Gasteiger partial charge on any atom is 0.306 e. The van der Waals surface area contributed by atoms with Crippen molar-refractivity contribution in [3.63, 3.8) is 0 Å². The first-order valence-electron chi connectivity index (χ1n) is 10.5. The number of amides is 1. The van der Waals surface area contributed by atoms with E-state index in [1.54, 1.807) is 4.52 Å². The molecule has 0 spiro atoms. The minimum atomic E-state index is -0.420. The summed E-state index contributed by atoms with van der Waals surface area (Å²) >= 11 is 0. The maximum absolute atomic E-state index is 12.1. The molecule has 1 aromatic carbocycles. The molecule has 31 heavy (non-hydrogen) atoms. The quantitative estimate of drug-likeness (QED) is 0.532. The monoisotopic (exact) mass is 423 g/mol. The van der Waals surface area contributed by atoms with Crippen molar-refractivity contribution < 1.29 is 14.3 Å². The van der Waals surface area contributed by atoms with Gasteiger partial charge in [-0.1, -0.05) is 38.1 Å². The summed E-state index contributed by atoms with van der Waals surface area (Å²) in [6.07, 6.45) is 2.81. The van der Waals surface area contributed by atoms with E-state index in [2.05, 4.69) is 58.5 Å². The number of carbonyl (C=O) groups excluding carboxylic acids is 2. The number of ether oxygens (including phenoxy) is 1. The van der Waals surface area contributed by atoms with Crippen LogP contribution in [0.4, 0.5) is 0 Å². The van der Waals surface area contributed by atoms with Crippen LogP contribution in [0.15, 0.2) is 30.6 Å². The Balaban J connectivity index is 1.39. The topological polar surface area (TPSA) is 98.5 Å². The van der Waals surface area contributed by atoms with Crippen LogP contribution >= 0.6 is 0 Å². The van der Waals surface area contributed by atoms with Crippen molar-refractivity contribution in [1.29, 1.82) is 0 Å². The van der Waals surface area contributed by atoms with Gasteiger partial charge in [0.2, 0.25) is 0 Å². The molecule has 3 rings (SSSR count). The van der Waals surface area contributed by atoms with E-state index in [0.717, 1.165) is 28.9 Å². The molecule has 0 aliphatic carbocycles. The Morgan fingerprint density at radius 2 is 1.87 bits per heavy atom. The maximum atomic E-state index is 12.1. The molecule has 0 bridgehead atoms. The van der Waals surface area contributed by atoms with E-state index in [-0.39, 0.29) is 18.9 Å². The summed E-state index contributed by atoms with van der Waals surface area (Å²) in [6.45, 7) is 8.34. The van der Waals surface area contributed by atoms with Crippen molar-refractivity contribution in [2.24, 2.45) is 0 Å². The second-order valence-electron chi connectivity index (χ2n) is 7.89. The number of aryl methyl sites for hydroxylation is 2. The fourth-order valence-corrected chi connectivity index (χ4v) is 3.43. The first-order chi connectivity index (χ1) is 14.8. The van der Waals surface area contributed by atoms with Crippen LogP contribution in [0, 0.1) is 13.8 Å². The van der Waals surface area contributed by atoms with E-state index in [1.807, 2.05) is 13.8 Å². The molecule has 8 heteroatoms. The number of carbonyl (C=O) groups is 2. The van der Waals surface area contributed by atoms with Crippen LogP contribution in [-0.4, -0.2) is 44.6 Å². The minimum absolute atomic E-state index is 0.166. The Bertz CT molecular complexity index is 1060. The highest BCUT2D eigenvalue weighted by atomic mass is 16.5. The zero-order chi connectivity index (χ0) is 22.4. The van der Waals surface area contributed by atoms with Crippen molar-refractivity contribution in [2.75, 3.05) is 13.2 Å². The SMILES string of the molecule is Cc1nc2ncnn2c(C)c1CCC(=O)OCC(=O)NCCc1ccc(C(C)C)cc1. The molecule has 0 saturated heterocycles. The molecule has 164 valence electrons. The standard InChI is InChI=1S/C23H29N5O3/c1-15(2)19-7-5-18(6-8-19)11-12-24-21(29)13-31-22(30)10-9-20-16(3)27-23-25-14-26-28(23)17(20)4/h5-8,14-15H,9-13H2,1-4H3,(H,24,29). The average Bonchev–Trinajstić information content (AvgIpc) is 3.21. The zero-order valence-electron chi connectivity index (χ0n) is 18.5. The third-order valence-corrected chi connectivity index (χ3v) is 5.31. The highest BCUT2D eigenvalue weighted by molar-refractivity contribution is 5.80. The van der Waals surface area contributed by atoms with Gasteiger partial charge >= 0.3 is 5.97 Å². The van der Waals surface area contributed by atoms with Gasteiger partial charge in [-0.3, -0.25) is 9.59 Å². The number of fused-ring (bicyclic) bond motifs is 1. The van der Waals surface area contributed by atoms with Gasteiger partial charge in [0, 0.05) is 24.4 Å². The van der Waals surface area contributed by atoms with Crippen LogP contribution in [0.5, 0.6) is 0 Å². The highest BCUT2D eigenvalue weighted by Gasteiger charge is 2.14. The Labute approximate surface area is 182 Å². The van der Waals surface area contributed by atoms with Crippen LogP contribution < -0.4 is 5.32 Å². The second kappa shape index (κ2) is 10.1. The molecular formula is C23H29N5O3. The first kappa shape index (κ1) is 22.4. The summed E-state index contributed by atoms with van der Waals surface area (Å²) in [7, 11) is 0. The van der Waals surface area contributed by atoms with Crippen LogP contribution in [0.3, 0.4) is 0 Å². The minimum Gasteiger partial charge on any atom is -0.456 e. The Morgan fingerprint density at radius 1 is 1.13 bits per heavy atom. The summed E-state index contributed by atoms with van der Waals surface area (Å²) < 4.78 is 6.77. The largest absolute Gasteiger partial charge is 0.456 e. The van der Waals surface area contributed by atoms with E-state index in [0.29, 0.717) is 24.7 Å². The molecule has 0 unspecified atom stereocenters. The average molecular weight is 424 g/mol. The lowest BCUT2D eigenvalue weighted by molar-refractivity contribution is -0.148. The zero-order valence-corrected chi connectivity index (χ0v) is 18.5. The number of hydrogen-bond acceptors (Lipinski definition) is 6. The van der Waals surface area contributed by atoms with Gasteiger partial charge in [0.15, 0.2) is 6.61 Å². The summed E-state index contributed by atoms with van der Waals surface area (Å²) in [5.74, 6) is 0.314. The van der Waals surface area contributed by atoms with Gasteiger partial charge in [-0.2, -0.15) is 10.1 Å². The molecule has 1 N–H and O–H groups in total. The number of aromatic nitrogens is 4. The lowest BCUT2D eigenvalue weighted by Crippen LogP contribution is -2.30. The molecule has 0 fully saturated rings. The number of benzene rings is 1. The van der Waals surface area contributed by atoms with Gasteiger partial charge in [0.25, 0.3) is 11.7 Å². The molecule has 0 radical (unpaired) electrons. The van der Waals surface area contributed by atoms with E-state index < -0.39 is 5.97 Å². The van der Waals surface area contributed by atoms with Crippen molar-refractivity contribution >= 4 is 17.7 Å². The molecule has 2 aromatic heterocycles. The Kier molecular flexibility index (Phi) is 7.33.